The van der Waals surface area contributed by atoms with Crippen molar-refractivity contribution in [2.75, 3.05) is 17.3 Å². The van der Waals surface area contributed by atoms with Crippen LogP contribution in [0.3, 0.4) is 0 Å². The van der Waals surface area contributed by atoms with E-state index in [0.29, 0.717) is 6.54 Å². The first-order valence-electron chi connectivity index (χ1n) is 5.90. The van der Waals surface area contributed by atoms with E-state index in [4.69, 9.17) is 5.73 Å². The minimum absolute atomic E-state index is 0.186. The molecule has 0 fully saturated rings. The highest BCUT2D eigenvalue weighted by Gasteiger charge is 2.13. The van der Waals surface area contributed by atoms with Gasteiger partial charge in [-0.25, -0.2) is 4.98 Å². The first kappa shape index (κ1) is 14.9. The maximum absolute atomic E-state index is 11.3. The van der Waals surface area contributed by atoms with Crippen molar-refractivity contribution in [3.63, 3.8) is 0 Å². The summed E-state index contributed by atoms with van der Waals surface area (Å²) < 4.78 is 11.3. The standard InChI is InChI=1S/C12H13N5O3S/c1-21(20)9-4-2-8(3-5-9)6-14-12-15-7-10(17(18)19)11(13)16-12/h2-5,7H,6H2,1H3,(H3,13,14,15,16)/t21-/m0/s1. The van der Waals surface area contributed by atoms with Gasteiger partial charge in [0.15, 0.2) is 0 Å². The van der Waals surface area contributed by atoms with Crippen LogP contribution in [0.25, 0.3) is 0 Å². The van der Waals surface area contributed by atoms with Crippen LogP contribution in [-0.2, 0) is 17.3 Å². The Kier molecular flexibility index (Phi) is 4.43. The second kappa shape index (κ2) is 6.27. The van der Waals surface area contributed by atoms with Gasteiger partial charge in [0.1, 0.15) is 6.20 Å². The Balaban J connectivity index is 2.04. The Bertz CT molecular complexity index is 690. The van der Waals surface area contributed by atoms with Crippen LogP contribution in [0.4, 0.5) is 17.5 Å². The van der Waals surface area contributed by atoms with Gasteiger partial charge in [0.05, 0.1) is 4.92 Å². The van der Waals surface area contributed by atoms with E-state index in [2.05, 4.69) is 15.3 Å². The maximum Gasteiger partial charge on any atom is 0.329 e. The SMILES string of the molecule is C[S@](=O)c1ccc(CNc2ncc([N+](=O)[O-])c(N)n2)cc1. The van der Waals surface area contributed by atoms with E-state index in [1.54, 1.807) is 18.4 Å². The summed E-state index contributed by atoms with van der Waals surface area (Å²) in [5, 5.41) is 13.5. The summed E-state index contributed by atoms with van der Waals surface area (Å²) in [5.74, 6) is 0.0236. The lowest BCUT2D eigenvalue weighted by Gasteiger charge is -2.06. The summed E-state index contributed by atoms with van der Waals surface area (Å²) in [6.45, 7) is 0.424. The summed E-state index contributed by atoms with van der Waals surface area (Å²) in [5.41, 5.74) is 6.09. The van der Waals surface area contributed by atoms with Gasteiger partial charge in [-0.05, 0) is 17.7 Å². The molecule has 0 radical (unpaired) electrons. The number of nitrogens with one attached hydrogen (secondary N) is 1. The van der Waals surface area contributed by atoms with Crippen molar-refractivity contribution in [2.45, 2.75) is 11.4 Å². The summed E-state index contributed by atoms with van der Waals surface area (Å²) in [7, 11) is -1.01. The van der Waals surface area contributed by atoms with E-state index < -0.39 is 15.7 Å². The normalized spacial score (nSPS) is 11.9. The van der Waals surface area contributed by atoms with E-state index in [-0.39, 0.29) is 17.5 Å². The lowest BCUT2D eigenvalue weighted by Crippen LogP contribution is -2.07. The van der Waals surface area contributed by atoms with Gasteiger partial charge >= 0.3 is 5.69 Å². The number of hydrogen-bond donors (Lipinski definition) is 2. The van der Waals surface area contributed by atoms with Crippen molar-refractivity contribution in [3.8, 4) is 0 Å². The third-order valence-corrected chi connectivity index (χ3v) is 3.64. The fraction of sp³-hybridized carbons (Fsp3) is 0.167. The number of aromatic nitrogens is 2. The molecule has 0 aliphatic carbocycles. The van der Waals surface area contributed by atoms with E-state index in [1.165, 1.54) is 0 Å². The molecule has 1 aromatic carbocycles. The van der Waals surface area contributed by atoms with Gasteiger partial charge in [-0.15, -0.1) is 0 Å². The van der Waals surface area contributed by atoms with Gasteiger partial charge in [0, 0.05) is 28.5 Å². The predicted octanol–water partition coefficient (Wildman–Crippen LogP) is 1.32. The molecule has 9 heteroatoms. The van der Waals surface area contributed by atoms with Crippen molar-refractivity contribution in [1.82, 2.24) is 9.97 Å². The molecule has 110 valence electrons. The second-order valence-corrected chi connectivity index (χ2v) is 5.55. The number of nitro groups is 1. The van der Waals surface area contributed by atoms with Gasteiger partial charge in [0.2, 0.25) is 11.8 Å². The number of hydrogen-bond acceptors (Lipinski definition) is 7. The van der Waals surface area contributed by atoms with Gasteiger partial charge in [-0.3, -0.25) is 14.3 Å². The molecule has 0 saturated carbocycles. The predicted molar refractivity (Wildman–Crippen MR) is 79.2 cm³/mol. The smallest absolute Gasteiger partial charge is 0.329 e. The average molecular weight is 307 g/mol. The Morgan fingerprint density at radius 1 is 1.38 bits per heavy atom. The number of rotatable bonds is 5. The zero-order chi connectivity index (χ0) is 15.4. The monoisotopic (exact) mass is 307 g/mol. The number of nitrogen functional groups attached to an aromatic ring is 1. The molecule has 0 spiro atoms. The molecule has 21 heavy (non-hydrogen) atoms. The summed E-state index contributed by atoms with van der Waals surface area (Å²) in [6, 6.07) is 7.22. The summed E-state index contributed by atoms with van der Waals surface area (Å²) >= 11 is 0. The number of nitrogens with two attached hydrogens (primary N) is 1. The van der Waals surface area contributed by atoms with Crippen LogP contribution in [0.2, 0.25) is 0 Å². The molecular formula is C12H13N5O3S. The number of benzene rings is 1. The molecule has 1 atom stereocenters. The van der Waals surface area contributed by atoms with Crippen LogP contribution >= 0.6 is 0 Å². The van der Waals surface area contributed by atoms with Crippen LogP contribution in [0.1, 0.15) is 5.56 Å². The molecule has 0 aliphatic heterocycles. The molecule has 2 aromatic rings. The van der Waals surface area contributed by atoms with Gasteiger partial charge in [0.25, 0.3) is 0 Å². The molecule has 8 nitrogen and oxygen atoms in total. The number of nitrogens with zero attached hydrogens (tertiary/aromatic N) is 3. The zero-order valence-corrected chi connectivity index (χ0v) is 12.0. The largest absolute Gasteiger partial charge is 0.378 e. The average Bonchev–Trinajstić information content (AvgIpc) is 2.45. The molecule has 0 unspecified atom stereocenters. The molecule has 2 rings (SSSR count). The Morgan fingerprint density at radius 3 is 2.57 bits per heavy atom. The molecule has 0 amide bonds. The highest BCUT2D eigenvalue weighted by Crippen LogP contribution is 2.18. The first-order chi connectivity index (χ1) is 9.97. The van der Waals surface area contributed by atoms with Crippen molar-refractivity contribution in [3.05, 3.63) is 46.1 Å². The van der Waals surface area contributed by atoms with Crippen LogP contribution in [0, 0.1) is 10.1 Å². The Hall–Kier alpha value is -2.55. The van der Waals surface area contributed by atoms with Crippen LogP contribution in [-0.4, -0.2) is 25.4 Å². The highest BCUT2D eigenvalue weighted by atomic mass is 32.2. The molecule has 0 saturated heterocycles. The molecule has 3 N–H and O–H groups in total. The third kappa shape index (κ3) is 3.72. The Labute approximate surface area is 123 Å². The van der Waals surface area contributed by atoms with E-state index in [0.717, 1.165) is 16.7 Å². The van der Waals surface area contributed by atoms with Crippen molar-refractivity contribution in [1.29, 1.82) is 0 Å². The maximum atomic E-state index is 11.3. The van der Waals surface area contributed by atoms with Crippen LogP contribution in [0.15, 0.2) is 35.4 Å². The molecule has 0 bridgehead atoms. The lowest BCUT2D eigenvalue weighted by atomic mass is 10.2. The van der Waals surface area contributed by atoms with Crippen molar-refractivity contribution in [2.24, 2.45) is 0 Å². The van der Waals surface area contributed by atoms with Gasteiger partial charge in [-0.1, -0.05) is 12.1 Å². The lowest BCUT2D eigenvalue weighted by molar-refractivity contribution is -0.384. The van der Waals surface area contributed by atoms with Crippen LogP contribution in [0.5, 0.6) is 0 Å². The van der Waals surface area contributed by atoms with E-state index in [9.17, 15) is 14.3 Å². The second-order valence-electron chi connectivity index (χ2n) is 4.17. The minimum atomic E-state index is -1.01. The third-order valence-electron chi connectivity index (χ3n) is 2.70. The van der Waals surface area contributed by atoms with E-state index in [1.807, 2.05) is 12.1 Å². The van der Waals surface area contributed by atoms with Crippen molar-refractivity contribution < 1.29 is 9.13 Å². The molecule has 1 aromatic heterocycles. The zero-order valence-electron chi connectivity index (χ0n) is 11.1. The molecule has 0 aliphatic rings. The van der Waals surface area contributed by atoms with E-state index >= 15 is 0 Å². The topological polar surface area (TPSA) is 124 Å². The van der Waals surface area contributed by atoms with Gasteiger partial charge < -0.3 is 11.1 Å². The fourth-order valence-electron chi connectivity index (χ4n) is 1.59. The summed E-state index contributed by atoms with van der Waals surface area (Å²) in [6.07, 6.45) is 2.68. The van der Waals surface area contributed by atoms with Crippen LogP contribution < -0.4 is 11.1 Å². The van der Waals surface area contributed by atoms with Gasteiger partial charge in [-0.2, -0.15) is 4.98 Å². The molecule has 1 heterocycles. The number of anilines is 2. The summed E-state index contributed by atoms with van der Waals surface area (Å²) in [4.78, 5) is 18.4. The highest BCUT2D eigenvalue weighted by molar-refractivity contribution is 7.84. The molecular weight excluding hydrogens is 294 g/mol. The fourth-order valence-corrected chi connectivity index (χ4v) is 2.11. The Morgan fingerprint density at radius 2 is 2.05 bits per heavy atom. The minimum Gasteiger partial charge on any atom is -0.378 e. The van der Waals surface area contributed by atoms with Crippen molar-refractivity contribution >= 4 is 28.3 Å². The first-order valence-corrected chi connectivity index (χ1v) is 7.46. The quantitative estimate of drug-likeness (QED) is 0.630.